The lowest BCUT2D eigenvalue weighted by Gasteiger charge is -2.32. The van der Waals surface area contributed by atoms with Crippen LogP contribution >= 0.6 is 11.6 Å². The Kier molecular flexibility index (Phi) is 6.52. The first-order valence-corrected chi connectivity index (χ1v) is 11.4. The van der Waals surface area contributed by atoms with E-state index in [0.29, 0.717) is 16.6 Å². The zero-order valence-corrected chi connectivity index (χ0v) is 17.6. The number of anilines is 2. The van der Waals surface area contributed by atoms with E-state index in [1.165, 1.54) is 25.7 Å². The summed E-state index contributed by atoms with van der Waals surface area (Å²) in [6, 6.07) is 7.13. The maximum absolute atomic E-state index is 10.7. The molecule has 2 N–H and O–H groups in total. The third-order valence-corrected chi connectivity index (χ3v) is 6.34. The number of hydrogen-bond acceptors (Lipinski definition) is 5. The summed E-state index contributed by atoms with van der Waals surface area (Å²) < 4.78 is 27.9. The highest BCUT2D eigenvalue weighted by molar-refractivity contribution is 7.80. The van der Waals surface area contributed by atoms with Gasteiger partial charge in [0.2, 0.25) is 5.95 Å². The smallest absolute Gasteiger partial charge is 0.259 e. The van der Waals surface area contributed by atoms with Gasteiger partial charge in [-0.1, -0.05) is 11.6 Å². The Balaban J connectivity index is 1.15. The minimum atomic E-state index is -2.05. The molecule has 0 radical (unpaired) electrons. The van der Waals surface area contributed by atoms with E-state index in [9.17, 15) is 4.21 Å². The summed E-state index contributed by atoms with van der Waals surface area (Å²) in [5.74, 6) is 3.72. The minimum absolute atomic E-state index is 0.569. The van der Waals surface area contributed by atoms with Crippen molar-refractivity contribution in [2.24, 2.45) is 17.8 Å². The summed E-state index contributed by atoms with van der Waals surface area (Å²) in [5, 5.41) is 0.569. The van der Waals surface area contributed by atoms with E-state index in [1.807, 2.05) is 12.1 Å². The molecule has 0 spiro atoms. The summed E-state index contributed by atoms with van der Waals surface area (Å²) in [6.45, 7) is 2.74. The molecular weight excluding hydrogens is 412 g/mol. The summed E-state index contributed by atoms with van der Waals surface area (Å²) in [7, 11) is 0. The summed E-state index contributed by atoms with van der Waals surface area (Å²) in [5.41, 5.74) is 0.595. The SMILES string of the molecule is O=S(O)Nc1ccc(OC[C@H]2C[C@H]2CC2CCN(c3ncc(Cl)cn3)CC2)cc1. The van der Waals surface area contributed by atoms with Crippen molar-refractivity contribution in [2.75, 3.05) is 29.3 Å². The summed E-state index contributed by atoms with van der Waals surface area (Å²) in [6.07, 6.45) is 8.18. The number of rotatable bonds is 8. The van der Waals surface area contributed by atoms with Crippen LogP contribution in [0, 0.1) is 17.8 Å². The minimum Gasteiger partial charge on any atom is -0.493 e. The van der Waals surface area contributed by atoms with E-state index >= 15 is 0 Å². The van der Waals surface area contributed by atoms with Crippen LogP contribution in [-0.2, 0) is 11.3 Å². The Hall–Kier alpha value is -1.90. The second kappa shape index (κ2) is 9.28. The van der Waals surface area contributed by atoms with Gasteiger partial charge in [-0.25, -0.2) is 14.2 Å². The first-order valence-electron chi connectivity index (χ1n) is 9.89. The number of benzene rings is 1. The van der Waals surface area contributed by atoms with E-state index in [2.05, 4.69) is 19.6 Å². The van der Waals surface area contributed by atoms with Gasteiger partial charge < -0.3 is 9.64 Å². The van der Waals surface area contributed by atoms with Crippen molar-refractivity contribution in [1.29, 1.82) is 0 Å². The molecule has 3 atom stereocenters. The van der Waals surface area contributed by atoms with Gasteiger partial charge >= 0.3 is 0 Å². The van der Waals surface area contributed by atoms with Crippen LogP contribution in [0.25, 0.3) is 0 Å². The highest BCUT2D eigenvalue weighted by Crippen LogP contribution is 2.45. The largest absolute Gasteiger partial charge is 0.493 e. The van der Waals surface area contributed by atoms with Crippen molar-refractivity contribution in [3.05, 3.63) is 41.7 Å². The molecule has 1 aliphatic heterocycles. The Morgan fingerprint density at radius 2 is 1.86 bits per heavy atom. The molecule has 7 nitrogen and oxygen atoms in total. The monoisotopic (exact) mass is 436 g/mol. The molecule has 29 heavy (non-hydrogen) atoms. The Labute approximate surface area is 178 Å². The highest BCUT2D eigenvalue weighted by atomic mass is 35.5. The van der Waals surface area contributed by atoms with Crippen LogP contribution in [0.2, 0.25) is 5.02 Å². The van der Waals surface area contributed by atoms with Crippen LogP contribution in [0.4, 0.5) is 11.6 Å². The van der Waals surface area contributed by atoms with Gasteiger partial charge in [-0.3, -0.25) is 9.27 Å². The quantitative estimate of drug-likeness (QED) is 0.608. The van der Waals surface area contributed by atoms with E-state index in [1.54, 1.807) is 24.5 Å². The van der Waals surface area contributed by atoms with Crippen molar-refractivity contribution < 1.29 is 13.5 Å². The van der Waals surface area contributed by atoms with Gasteiger partial charge in [0.25, 0.3) is 11.3 Å². The predicted octanol–water partition coefficient (Wildman–Crippen LogP) is 4.00. The maximum atomic E-state index is 10.7. The van der Waals surface area contributed by atoms with Crippen LogP contribution < -0.4 is 14.4 Å². The lowest BCUT2D eigenvalue weighted by atomic mass is 9.91. The van der Waals surface area contributed by atoms with Crippen molar-refractivity contribution in [3.8, 4) is 5.75 Å². The average molecular weight is 437 g/mol. The van der Waals surface area contributed by atoms with Gasteiger partial charge in [0.15, 0.2) is 0 Å². The lowest BCUT2D eigenvalue weighted by molar-refractivity contribution is 0.279. The Morgan fingerprint density at radius 1 is 1.17 bits per heavy atom. The fourth-order valence-corrected chi connectivity index (χ4v) is 4.43. The standard InChI is InChI=1S/C20H25ClN4O3S/c21-17-11-22-20(23-12-17)25-7-5-14(6-8-25)9-15-10-16(15)13-28-19-3-1-18(2-4-19)24-29(26)27/h1-4,11-12,14-16,24H,5-10,13H2,(H,26,27)/t15-,16-/m1/s1. The van der Waals surface area contributed by atoms with E-state index < -0.39 is 11.3 Å². The number of aromatic nitrogens is 2. The Morgan fingerprint density at radius 3 is 2.52 bits per heavy atom. The number of nitrogens with zero attached hydrogens (tertiary/aromatic N) is 3. The highest BCUT2D eigenvalue weighted by Gasteiger charge is 2.39. The maximum Gasteiger partial charge on any atom is 0.259 e. The number of piperidine rings is 1. The molecule has 1 saturated carbocycles. The van der Waals surface area contributed by atoms with Crippen LogP contribution in [0.15, 0.2) is 36.7 Å². The molecular formula is C20H25ClN4O3S. The molecule has 2 heterocycles. The molecule has 2 aliphatic rings. The number of hydrogen-bond donors (Lipinski definition) is 2. The third kappa shape index (κ3) is 5.81. The van der Waals surface area contributed by atoms with E-state index in [-0.39, 0.29) is 0 Å². The lowest BCUT2D eigenvalue weighted by Crippen LogP contribution is -2.35. The van der Waals surface area contributed by atoms with Gasteiger partial charge in [0.1, 0.15) is 5.75 Å². The molecule has 1 aromatic carbocycles. The van der Waals surface area contributed by atoms with Gasteiger partial charge in [-0.05, 0) is 67.7 Å². The van der Waals surface area contributed by atoms with Crippen LogP contribution in [0.3, 0.4) is 0 Å². The fourth-order valence-electron chi connectivity index (χ4n) is 3.99. The zero-order valence-electron chi connectivity index (χ0n) is 16.0. The van der Waals surface area contributed by atoms with Crippen molar-refractivity contribution in [3.63, 3.8) is 0 Å². The molecule has 1 aliphatic carbocycles. The second-order valence-electron chi connectivity index (χ2n) is 7.81. The summed E-state index contributed by atoms with van der Waals surface area (Å²) >= 11 is 3.81. The first-order chi connectivity index (χ1) is 14.1. The number of halogens is 1. The molecule has 4 rings (SSSR count). The van der Waals surface area contributed by atoms with Crippen molar-refractivity contribution in [1.82, 2.24) is 9.97 Å². The zero-order chi connectivity index (χ0) is 20.2. The molecule has 1 aromatic heterocycles. The van der Waals surface area contributed by atoms with Crippen molar-refractivity contribution in [2.45, 2.75) is 25.7 Å². The average Bonchev–Trinajstić information content (AvgIpc) is 3.46. The van der Waals surface area contributed by atoms with Crippen LogP contribution in [0.1, 0.15) is 25.7 Å². The molecule has 2 fully saturated rings. The second-order valence-corrected chi connectivity index (χ2v) is 8.95. The van der Waals surface area contributed by atoms with Gasteiger partial charge in [-0.2, -0.15) is 0 Å². The summed E-state index contributed by atoms with van der Waals surface area (Å²) in [4.78, 5) is 10.9. The van der Waals surface area contributed by atoms with Gasteiger partial charge in [-0.15, -0.1) is 0 Å². The number of nitrogens with one attached hydrogen (secondary N) is 1. The predicted molar refractivity (Wildman–Crippen MR) is 115 cm³/mol. The molecule has 1 saturated heterocycles. The molecule has 1 unspecified atom stereocenters. The normalized spacial score (nSPS) is 22.9. The van der Waals surface area contributed by atoms with Crippen molar-refractivity contribution >= 4 is 34.5 Å². The van der Waals surface area contributed by atoms with Gasteiger partial charge in [0.05, 0.1) is 24.0 Å². The van der Waals surface area contributed by atoms with E-state index in [0.717, 1.165) is 43.2 Å². The third-order valence-electron chi connectivity index (χ3n) is 5.73. The van der Waals surface area contributed by atoms with Crippen LogP contribution in [-0.4, -0.2) is 38.4 Å². The molecule has 2 aromatic rings. The van der Waals surface area contributed by atoms with Crippen LogP contribution in [0.5, 0.6) is 5.75 Å². The first kappa shape index (κ1) is 20.4. The molecule has 0 bridgehead atoms. The number of ether oxygens (including phenoxy) is 1. The Bertz CT molecular complexity index is 829. The topological polar surface area (TPSA) is 87.6 Å². The molecule has 9 heteroatoms. The molecule has 156 valence electrons. The van der Waals surface area contributed by atoms with Gasteiger partial charge in [0, 0.05) is 18.8 Å². The molecule has 0 amide bonds. The fraction of sp³-hybridized carbons (Fsp3) is 0.500. The van der Waals surface area contributed by atoms with E-state index in [4.69, 9.17) is 20.9 Å².